The maximum absolute atomic E-state index is 11.8. The molecule has 0 bridgehead atoms. The summed E-state index contributed by atoms with van der Waals surface area (Å²) in [5.74, 6) is -0.0222. The van der Waals surface area contributed by atoms with Gasteiger partial charge in [-0.25, -0.2) is 0 Å². The standard InChI is InChI=1S/C15H12N4O/c1-2-9-3-5-10(6-4-9)13-11(7-16)14(18)19-15(20)12(13)8-17/h3-6H,2H2,1H3,(H3,18,19,20). The van der Waals surface area contributed by atoms with Crippen molar-refractivity contribution in [3.05, 3.63) is 51.3 Å². The molecule has 0 aliphatic carbocycles. The van der Waals surface area contributed by atoms with Crippen LogP contribution in [-0.4, -0.2) is 4.98 Å². The molecule has 0 unspecified atom stereocenters. The number of rotatable bonds is 2. The second-order valence-electron chi connectivity index (χ2n) is 4.27. The summed E-state index contributed by atoms with van der Waals surface area (Å²) in [7, 11) is 0. The van der Waals surface area contributed by atoms with Crippen LogP contribution in [0.3, 0.4) is 0 Å². The van der Waals surface area contributed by atoms with Crippen molar-refractivity contribution >= 4 is 5.82 Å². The SMILES string of the molecule is CCc1ccc(-c2c(C#N)c(N)[nH]c(=O)c2C#N)cc1. The lowest BCUT2D eigenvalue weighted by atomic mass is 9.95. The smallest absolute Gasteiger partial charge is 0.268 e. The minimum Gasteiger partial charge on any atom is -0.384 e. The van der Waals surface area contributed by atoms with Gasteiger partial charge in [-0.15, -0.1) is 0 Å². The molecule has 5 heteroatoms. The maximum Gasteiger partial charge on any atom is 0.268 e. The topological polar surface area (TPSA) is 106 Å². The lowest BCUT2D eigenvalue weighted by Gasteiger charge is -2.09. The normalized spacial score (nSPS) is 9.75. The average Bonchev–Trinajstić information content (AvgIpc) is 2.46. The molecule has 0 radical (unpaired) electrons. The van der Waals surface area contributed by atoms with Crippen molar-refractivity contribution in [2.24, 2.45) is 0 Å². The van der Waals surface area contributed by atoms with Gasteiger partial charge in [0.25, 0.3) is 5.56 Å². The number of aromatic amines is 1. The summed E-state index contributed by atoms with van der Waals surface area (Å²) in [6, 6.07) is 11.2. The number of hydrogen-bond acceptors (Lipinski definition) is 4. The number of anilines is 1. The van der Waals surface area contributed by atoms with E-state index in [-0.39, 0.29) is 16.9 Å². The number of H-pyrrole nitrogens is 1. The zero-order valence-corrected chi connectivity index (χ0v) is 10.9. The molecule has 5 nitrogen and oxygen atoms in total. The van der Waals surface area contributed by atoms with Crippen LogP contribution < -0.4 is 11.3 Å². The summed E-state index contributed by atoms with van der Waals surface area (Å²) < 4.78 is 0. The zero-order valence-electron chi connectivity index (χ0n) is 10.9. The molecular weight excluding hydrogens is 252 g/mol. The van der Waals surface area contributed by atoms with E-state index in [9.17, 15) is 10.1 Å². The third kappa shape index (κ3) is 2.13. The van der Waals surface area contributed by atoms with Crippen molar-refractivity contribution in [2.45, 2.75) is 13.3 Å². The third-order valence-electron chi connectivity index (χ3n) is 3.12. The molecule has 20 heavy (non-hydrogen) atoms. The number of pyridine rings is 1. The van der Waals surface area contributed by atoms with E-state index in [1.165, 1.54) is 0 Å². The van der Waals surface area contributed by atoms with Gasteiger partial charge in [0, 0.05) is 5.56 Å². The molecule has 0 spiro atoms. The Morgan fingerprint density at radius 1 is 1.15 bits per heavy atom. The Kier molecular flexibility index (Phi) is 3.54. The molecule has 2 aromatic rings. The van der Waals surface area contributed by atoms with Crippen LogP contribution in [0.1, 0.15) is 23.6 Å². The van der Waals surface area contributed by atoms with Crippen molar-refractivity contribution in [3.8, 4) is 23.3 Å². The molecule has 0 saturated heterocycles. The molecule has 0 aliphatic heterocycles. The molecule has 2 rings (SSSR count). The second kappa shape index (κ2) is 5.29. The van der Waals surface area contributed by atoms with E-state index >= 15 is 0 Å². The van der Waals surface area contributed by atoms with Gasteiger partial charge in [-0.05, 0) is 17.5 Å². The van der Waals surface area contributed by atoms with Crippen molar-refractivity contribution in [1.29, 1.82) is 10.5 Å². The quantitative estimate of drug-likeness (QED) is 0.864. The molecule has 1 aromatic heterocycles. The van der Waals surface area contributed by atoms with Crippen LogP contribution >= 0.6 is 0 Å². The Hall–Kier alpha value is -3.05. The fourth-order valence-electron chi connectivity index (χ4n) is 2.04. The fraction of sp³-hybridized carbons (Fsp3) is 0.133. The Labute approximate surface area is 115 Å². The number of nitrogens with zero attached hydrogens (tertiary/aromatic N) is 2. The summed E-state index contributed by atoms with van der Waals surface area (Å²) >= 11 is 0. The van der Waals surface area contributed by atoms with Crippen LogP contribution in [0.15, 0.2) is 29.1 Å². The lowest BCUT2D eigenvalue weighted by Crippen LogP contribution is -2.16. The van der Waals surface area contributed by atoms with E-state index in [1.54, 1.807) is 12.1 Å². The van der Waals surface area contributed by atoms with Gasteiger partial charge in [-0.1, -0.05) is 31.2 Å². The van der Waals surface area contributed by atoms with Crippen molar-refractivity contribution in [3.63, 3.8) is 0 Å². The highest BCUT2D eigenvalue weighted by Crippen LogP contribution is 2.28. The molecule has 0 aliphatic rings. The Morgan fingerprint density at radius 3 is 2.25 bits per heavy atom. The molecular formula is C15H12N4O. The van der Waals surface area contributed by atoms with Gasteiger partial charge in [0.2, 0.25) is 0 Å². The first-order valence-corrected chi connectivity index (χ1v) is 6.07. The first kappa shape index (κ1) is 13.4. The monoisotopic (exact) mass is 264 g/mol. The molecule has 3 N–H and O–H groups in total. The average molecular weight is 264 g/mol. The third-order valence-corrected chi connectivity index (χ3v) is 3.12. The second-order valence-corrected chi connectivity index (χ2v) is 4.27. The summed E-state index contributed by atoms with van der Waals surface area (Å²) in [4.78, 5) is 14.1. The predicted octanol–water partition coefficient (Wildman–Crippen LogP) is 1.93. The predicted molar refractivity (Wildman–Crippen MR) is 75.7 cm³/mol. The van der Waals surface area contributed by atoms with Crippen molar-refractivity contribution < 1.29 is 0 Å². The highest BCUT2D eigenvalue weighted by molar-refractivity contribution is 5.80. The van der Waals surface area contributed by atoms with Gasteiger partial charge < -0.3 is 10.7 Å². The lowest BCUT2D eigenvalue weighted by molar-refractivity contribution is 1.14. The number of benzene rings is 1. The van der Waals surface area contributed by atoms with Crippen LogP contribution in [0, 0.1) is 22.7 Å². The highest BCUT2D eigenvalue weighted by atomic mass is 16.1. The molecule has 0 fully saturated rings. The molecule has 98 valence electrons. The van der Waals surface area contributed by atoms with E-state index in [4.69, 9.17) is 11.0 Å². The van der Waals surface area contributed by atoms with Crippen LogP contribution in [0.4, 0.5) is 5.82 Å². The summed E-state index contributed by atoms with van der Waals surface area (Å²) in [6.45, 7) is 2.03. The fourth-order valence-corrected chi connectivity index (χ4v) is 2.04. The van der Waals surface area contributed by atoms with Gasteiger partial charge >= 0.3 is 0 Å². The minimum atomic E-state index is -0.585. The first-order valence-electron chi connectivity index (χ1n) is 6.07. The minimum absolute atomic E-state index is 0.0222. The van der Waals surface area contributed by atoms with Gasteiger partial charge in [0.1, 0.15) is 29.1 Å². The summed E-state index contributed by atoms with van der Waals surface area (Å²) in [6.07, 6.45) is 0.883. The number of nitriles is 2. The van der Waals surface area contributed by atoms with E-state index < -0.39 is 5.56 Å². The number of aryl methyl sites for hydroxylation is 1. The number of nitrogens with one attached hydrogen (secondary N) is 1. The summed E-state index contributed by atoms with van der Waals surface area (Å²) in [5.41, 5.74) is 7.15. The summed E-state index contributed by atoms with van der Waals surface area (Å²) in [5, 5.41) is 18.4. The van der Waals surface area contributed by atoms with Gasteiger partial charge in [-0.3, -0.25) is 4.79 Å². The van der Waals surface area contributed by atoms with Gasteiger partial charge in [0.05, 0.1) is 0 Å². The van der Waals surface area contributed by atoms with Gasteiger partial charge in [-0.2, -0.15) is 10.5 Å². The maximum atomic E-state index is 11.8. The molecule has 1 aromatic carbocycles. The first-order chi connectivity index (χ1) is 9.62. The zero-order chi connectivity index (χ0) is 14.7. The molecule has 0 atom stereocenters. The molecule has 1 heterocycles. The van der Waals surface area contributed by atoms with E-state index in [0.29, 0.717) is 11.1 Å². The highest BCUT2D eigenvalue weighted by Gasteiger charge is 2.17. The Balaban J connectivity index is 2.81. The Morgan fingerprint density at radius 2 is 1.75 bits per heavy atom. The van der Waals surface area contributed by atoms with Crippen LogP contribution in [0.5, 0.6) is 0 Å². The van der Waals surface area contributed by atoms with Crippen LogP contribution in [0.2, 0.25) is 0 Å². The van der Waals surface area contributed by atoms with Gasteiger partial charge in [0.15, 0.2) is 0 Å². The van der Waals surface area contributed by atoms with Crippen molar-refractivity contribution in [2.75, 3.05) is 5.73 Å². The van der Waals surface area contributed by atoms with Crippen LogP contribution in [0.25, 0.3) is 11.1 Å². The number of nitrogens with two attached hydrogens (primary N) is 1. The number of nitrogen functional groups attached to an aromatic ring is 1. The van der Waals surface area contributed by atoms with E-state index in [2.05, 4.69) is 4.98 Å². The number of hydrogen-bond donors (Lipinski definition) is 2. The van der Waals surface area contributed by atoms with Crippen molar-refractivity contribution in [1.82, 2.24) is 4.98 Å². The van der Waals surface area contributed by atoms with E-state index in [0.717, 1.165) is 12.0 Å². The number of aromatic nitrogens is 1. The largest absolute Gasteiger partial charge is 0.384 e. The molecule has 0 saturated carbocycles. The van der Waals surface area contributed by atoms with E-state index in [1.807, 2.05) is 31.2 Å². The van der Waals surface area contributed by atoms with Crippen LogP contribution in [-0.2, 0) is 6.42 Å². The molecule has 0 amide bonds. The Bertz CT molecular complexity index is 789.